The first-order valence-electron chi connectivity index (χ1n) is 18.2. The molecule has 8 rings (SSSR count). The molecule has 0 bridgehead atoms. The van der Waals surface area contributed by atoms with Crippen molar-refractivity contribution in [3.8, 4) is 28.5 Å². The van der Waals surface area contributed by atoms with Crippen LogP contribution < -0.4 is 35.0 Å². The van der Waals surface area contributed by atoms with E-state index >= 15 is 4.39 Å². The third-order valence-electron chi connectivity index (χ3n) is 10.9. The number of rotatable bonds is 11. The highest BCUT2D eigenvalue weighted by atomic mass is 127. The van der Waals surface area contributed by atoms with Crippen LogP contribution in [0, 0.1) is 16.3 Å². The number of aromatic nitrogens is 1. The van der Waals surface area contributed by atoms with Gasteiger partial charge in [0.1, 0.15) is 42.6 Å². The Kier molecular flexibility index (Phi) is 10.5. The molecule has 55 heavy (non-hydrogen) atoms. The molecule has 3 aromatic carbocycles. The van der Waals surface area contributed by atoms with E-state index in [1.54, 1.807) is 25.3 Å². The van der Waals surface area contributed by atoms with Crippen molar-refractivity contribution in [2.75, 3.05) is 52.5 Å². The Hall–Kier alpha value is -4.34. The topological polar surface area (TPSA) is 83.9 Å². The Labute approximate surface area is 337 Å². The largest absolute Gasteiger partial charge is 0.497 e. The first kappa shape index (κ1) is 37.6. The van der Waals surface area contributed by atoms with Crippen LogP contribution in [0.4, 0.5) is 14.6 Å². The van der Waals surface area contributed by atoms with Gasteiger partial charge in [0.15, 0.2) is 11.6 Å². The highest BCUT2D eigenvalue weighted by Crippen LogP contribution is 2.42. The van der Waals surface area contributed by atoms with Gasteiger partial charge in [0.2, 0.25) is 0 Å². The SMILES string of the molecule is COc1ccc(CN(Cc2ccc(OC)cc2)c2cc(C)c(I)c(-c3c(F)c4c5c(c3Cl)=NCNC=5N(C)C=C(OC[C@@]35CCCN3C[C@H](F)C5)O4)n2)cc1. The zero-order chi connectivity index (χ0) is 38.4. The monoisotopic (exact) mass is 882 g/mol. The number of anilines is 1. The molecule has 14 heteroatoms. The van der Waals surface area contributed by atoms with Crippen LogP contribution in [-0.2, 0) is 17.8 Å². The molecule has 4 aliphatic heterocycles. The first-order valence-corrected chi connectivity index (χ1v) is 19.7. The summed E-state index contributed by atoms with van der Waals surface area (Å²) in [7, 11) is 5.11. The van der Waals surface area contributed by atoms with Gasteiger partial charge in [-0.2, -0.15) is 0 Å². The van der Waals surface area contributed by atoms with Crippen molar-refractivity contribution in [1.29, 1.82) is 0 Å². The van der Waals surface area contributed by atoms with Crippen LogP contribution in [0.1, 0.15) is 36.0 Å². The number of nitrogens with zero attached hydrogens (tertiary/aromatic N) is 5. The van der Waals surface area contributed by atoms with Gasteiger partial charge in [-0.15, -0.1) is 0 Å². The number of fused-ring (bicyclic) bond motifs is 1. The van der Waals surface area contributed by atoms with E-state index in [9.17, 15) is 4.39 Å². The number of pyridine rings is 1. The average Bonchev–Trinajstić information content (AvgIpc) is 3.67. The lowest BCUT2D eigenvalue weighted by molar-refractivity contribution is 0.0260. The van der Waals surface area contributed by atoms with Gasteiger partial charge in [0.25, 0.3) is 0 Å². The number of benzene rings is 3. The van der Waals surface area contributed by atoms with Crippen LogP contribution in [0.25, 0.3) is 17.1 Å². The van der Waals surface area contributed by atoms with Crippen molar-refractivity contribution in [3.05, 3.63) is 108 Å². The Morgan fingerprint density at radius 2 is 1.75 bits per heavy atom. The Balaban J connectivity index is 1.21. The normalized spacial score (nSPS) is 20.1. The van der Waals surface area contributed by atoms with Crippen molar-refractivity contribution < 1.29 is 27.7 Å². The van der Waals surface area contributed by atoms with Crippen molar-refractivity contribution in [1.82, 2.24) is 20.1 Å². The van der Waals surface area contributed by atoms with Gasteiger partial charge in [-0.05, 0) is 95.9 Å². The minimum absolute atomic E-state index is 0.0690. The number of alkyl halides is 1. The fourth-order valence-corrected chi connectivity index (χ4v) is 8.94. The fourth-order valence-electron chi connectivity index (χ4n) is 8.07. The number of nitrogens with one attached hydrogen (secondary N) is 1. The summed E-state index contributed by atoms with van der Waals surface area (Å²) in [5.41, 5.74) is 3.02. The molecular weight excluding hydrogens is 841 g/mol. The molecule has 10 nitrogen and oxygen atoms in total. The standard InChI is InChI=1S/C41H42ClF2IN6O4/c1-24-16-30(50(18-25-6-10-28(52-3)11-7-25)19-26-8-12-29(53-4)13-9-26)48-38(36(24)45)32-34(42)37-33-39(35(32)44)55-31(21-49(2)40(33)47-23-46-37)54-22-41-14-5-15-51(41)20-27(43)17-41/h6-13,16,21,27,47H,5,14-15,17-20,22-23H2,1-4H3/t27-,41+/m1/s1. The van der Waals surface area contributed by atoms with Crippen LogP contribution in [0.5, 0.6) is 17.2 Å². The summed E-state index contributed by atoms with van der Waals surface area (Å²) in [5.74, 6) is 2.08. The number of methoxy groups -OCH3 is 2. The van der Waals surface area contributed by atoms with Gasteiger partial charge in [0, 0.05) is 36.7 Å². The second-order valence-electron chi connectivity index (χ2n) is 14.4. The molecule has 288 valence electrons. The number of hydrogen-bond acceptors (Lipinski definition) is 10. The maximum absolute atomic E-state index is 17.5. The highest BCUT2D eigenvalue weighted by molar-refractivity contribution is 14.1. The lowest BCUT2D eigenvalue weighted by Crippen LogP contribution is -2.43. The molecule has 0 aliphatic carbocycles. The van der Waals surface area contributed by atoms with Crippen LogP contribution in [0.15, 0.2) is 71.7 Å². The van der Waals surface area contributed by atoms with Gasteiger partial charge in [-0.25, -0.2) is 13.8 Å². The molecular formula is C41H42ClF2IN6O4. The molecule has 0 unspecified atom stereocenters. The molecule has 2 fully saturated rings. The highest BCUT2D eigenvalue weighted by Gasteiger charge is 2.49. The van der Waals surface area contributed by atoms with Gasteiger partial charge in [-0.1, -0.05) is 35.9 Å². The quantitative estimate of drug-likeness (QED) is 0.167. The van der Waals surface area contributed by atoms with Gasteiger partial charge >= 0.3 is 5.95 Å². The van der Waals surface area contributed by atoms with E-state index in [4.69, 9.17) is 40.5 Å². The van der Waals surface area contributed by atoms with Crippen LogP contribution in [0.2, 0.25) is 5.02 Å². The molecule has 4 aromatic rings. The second-order valence-corrected chi connectivity index (χ2v) is 15.9. The lowest BCUT2D eigenvalue weighted by atomic mass is 9.95. The van der Waals surface area contributed by atoms with E-state index in [1.165, 1.54) is 0 Å². The van der Waals surface area contributed by atoms with Crippen LogP contribution >= 0.6 is 34.2 Å². The smallest absolute Gasteiger partial charge is 0.302 e. The van der Waals surface area contributed by atoms with E-state index < -0.39 is 17.5 Å². The number of hydrogen-bond donors (Lipinski definition) is 1. The minimum Gasteiger partial charge on any atom is -0.497 e. The molecule has 2 saturated heterocycles. The van der Waals surface area contributed by atoms with Gasteiger partial charge in [0.05, 0.1) is 52.8 Å². The Morgan fingerprint density at radius 1 is 1.07 bits per heavy atom. The van der Waals surface area contributed by atoms with Crippen molar-refractivity contribution in [3.63, 3.8) is 0 Å². The Bertz CT molecular complexity index is 2230. The zero-order valence-corrected chi connectivity index (χ0v) is 34.0. The third kappa shape index (κ3) is 7.14. The summed E-state index contributed by atoms with van der Waals surface area (Å²) in [6, 6.07) is 17.8. The predicted octanol–water partition coefficient (Wildman–Crippen LogP) is 6.64. The molecule has 1 aromatic heterocycles. The second kappa shape index (κ2) is 15.3. The zero-order valence-electron chi connectivity index (χ0n) is 31.1. The molecule has 0 spiro atoms. The van der Waals surface area contributed by atoms with E-state index in [0.717, 1.165) is 51.1 Å². The third-order valence-corrected chi connectivity index (χ3v) is 12.6. The number of aryl methyl sites for hydroxylation is 1. The predicted molar refractivity (Wildman–Crippen MR) is 216 cm³/mol. The lowest BCUT2D eigenvalue weighted by Gasteiger charge is -2.31. The minimum atomic E-state index is -0.904. The summed E-state index contributed by atoms with van der Waals surface area (Å²) >= 11 is 9.40. The number of ether oxygens (including phenoxy) is 4. The maximum atomic E-state index is 17.5. The first-order chi connectivity index (χ1) is 26.6. The van der Waals surface area contributed by atoms with Crippen LogP contribution in [0.3, 0.4) is 0 Å². The molecule has 0 saturated carbocycles. The Morgan fingerprint density at radius 3 is 2.40 bits per heavy atom. The summed E-state index contributed by atoms with van der Waals surface area (Å²) in [6.07, 6.45) is 2.97. The fraction of sp³-hybridized carbons (Fsp3) is 0.366. The maximum Gasteiger partial charge on any atom is 0.302 e. The molecule has 2 atom stereocenters. The van der Waals surface area contributed by atoms with Crippen molar-refractivity contribution in [2.24, 2.45) is 4.99 Å². The summed E-state index contributed by atoms with van der Waals surface area (Å²) in [6.45, 7) is 4.67. The number of halogens is 4. The van der Waals surface area contributed by atoms with E-state index in [0.29, 0.717) is 54.0 Å². The van der Waals surface area contributed by atoms with Gasteiger partial charge < -0.3 is 34.1 Å². The summed E-state index contributed by atoms with van der Waals surface area (Å²) in [4.78, 5) is 16.0. The van der Waals surface area contributed by atoms with Gasteiger partial charge in [-0.3, -0.25) is 9.89 Å². The molecule has 1 N–H and O–H groups in total. The van der Waals surface area contributed by atoms with Crippen LogP contribution in [-0.4, -0.2) is 74.1 Å². The molecule has 0 radical (unpaired) electrons. The van der Waals surface area contributed by atoms with E-state index in [2.05, 4.69) is 37.7 Å². The molecule has 5 heterocycles. The molecule has 0 amide bonds. The summed E-state index contributed by atoms with van der Waals surface area (Å²) in [5, 5.41) is 4.18. The average molecular weight is 883 g/mol. The van der Waals surface area contributed by atoms with E-state index in [-0.39, 0.29) is 35.6 Å². The summed E-state index contributed by atoms with van der Waals surface area (Å²) < 4.78 is 56.3. The van der Waals surface area contributed by atoms with E-state index in [1.807, 2.05) is 68.6 Å². The van der Waals surface area contributed by atoms with Crippen molar-refractivity contribution >= 4 is 45.8 Å². The molecule has 4 aliphatic rings. The van der Waals surface area contributed by atoms with Crippen molar-refractivity contribution in [2.45, 2.75) is 51.0 Å².